The molecule has 9 heteroatoms. The van der Waals surface area contributed by atoms with Gasteiger partial charge in [-0.2, -0.15) is 0 Å². The normalized spacial score (nSPS) is 11.1. The Morgan fingerprint density at radius 3 is 2.39 bits per heavy atom. The first-order valence-electron chi connectivity index (χ1n) is 8.63. The third-order valence-electron chi connectivity index (χ3n) is 3.87. The summed E-state index contributed by atoms with van der Waals surface area (Å²) >= 11 is 1.62. The molecule has 0 aliphatic rings. The first kappa shape index (κ1) is 22.2. The predicted octanol–water partition coefficient (Wildman–Crippen LogP) is 3.66. The van der Waals surface area contributed by atoms with E-state index >= 15 is 0 Å². The van der Waals surface area contributed by atoms with Crippen LogP contribution in [0.15, 0.2) is 45.3 Å². The Labute approximate surface area is 186 Å². The molecule has 0 amide bonds. The topological polar surface area (TPSA) is 78.6 Å². The zero-order valence-electron chi connectivity index (χ0n) is 16.4. The summed E-state index contributed by atoms with van der Waals surface area (Å²) in [4.78, 5) is 15.3. The molecule has 2 aromatic heterocycles. The summed E-state index contributed by atoms with van der Waals surface area (Å²) in [6, 6.07) is 8.11. The second-order valence-corrected chi connectivity index (χ2v) is 7.14. The first-order chi connectivity index (χ1) is 13.0. The molecule has 1 aromatic carbocycles. The molecule has 3 rings (SSSR count). The summed E-state index contributed by atoms with van der Waals surface area (Å²) in [5.74, 6) is 1.31. The van der Waals surface area contributed by atoms with Gasteiger partial charge in [-0.05, 0) is 19.1 Å². The molecule has 0 spiro atoms. The molecular formula is C19H25IN6OS. The van der Waals surface area contributed by atoms with Gasteiger partial charge < -0.3 is 20.0 Å². The van der Waals surface area contributed by atoms with Crippen molar-refractivity contribution in [2.75, 3.05) is 26.0 Å². The molecule has 3 aromatic rings. The summed E-state index contributed by atoms with van der Waals surface area (Å²) < 4.78 is 5.59. The lowest BCUT2D eigenvalue weighted by molar-refractivity contribution is 0.572. The van der Waals surface area contributed by atoms with Gasteiger partial charge in [0.1, 0.15) is 6.26 Å². The number of aromatic nitrogens is 2. The second kappa shape index (κ2) is 10.4. The van der Waals surface area contributed by atoms with Crippen LogP contribution < -0.4 is 15.5 Å². The van der Waals surface area contributed by atoms with E-state index in [4.69, 9.17) is 4.42 Å². The fourth-order valence-electron chi connectivity index (χ4n) is 2.37. The van der Waals surface area contributed by atoms with E-state index in [1.165, 1.54) is 5.56 Å². The standard InChI is InChI=1S/C19H24N6OS.HI/c1-13-5-7-14(8-6-13)17-23-15(11-26-17)9-21-18(20-2)22-10-16-12-27-19(24-16)25(3)4;/h5-8,11-12H,9-10H2,1-4H3,(H2,20,21,22);1H. The Kier molecular flexibility index (Phi) is 8.24. The van der Waals surface area contributed by atoms with Crippen LogP contribution in [0.2, 0.25) is 0 Å². The Morgan fingerprint density at radius 2 is 1.79 bits per heavy atom. The van der Waals surface area contributed by atoms with E-state index < -0.39 is 0 Å². The van der Waals surface area contributed by atoms with Crippen molar-refractivity contribution in [3.63, 3.8) is 0 Å². The largest absolute Gasteiger partial charge is 0.444 e. The number of hydrogen-bond donors (Lipinski definition) is 2. The van der Waals surface area contributed by atoms with Crippen molar-refractivity contribution in [2.24, 2.45) is 4.99 Å². The summed E-state index contributed by atoms with van der Waals surface area (Å²) in [7, 11) is 5.71. The number of anilines is 1. The zero-order valence-corrected chi connectivity index (χ0v) is 19.5. The lowest BCUT2D eigenvalue weighted by atomic mass is 10.1. The van der Waals surface area contributed by atoms with Crippen molar-refractivity contribution < 1.29 is 4.42 Å². The van der Waals surface area contributed by atoms with Gasteiger partial charge in [-0.25, -0.2) is 9.97 Å². The third kappa shape index (κ3) is 5.93. The van der Waals surface area contributed by atoms with Crippen LogP contribution in [-0.4, -0.2) is 37.1 Å². The van der Waals surface area contributed by atoms with E-state index in [2.05, 4.69) is 32.5 Å². The van der Waals surface area contributed by atoms with Gasteiger partial charge >= 0.3 is 0 Å². The van der Waals surface area contributed by atoms with Crippen molar-refractivity contribution in [1.29, 1.82) is 0 Å². The molecule has 28 heavy (non-hydrogen) atoms. The molecule has 7 nitrogen and oxygen atoms in total. The van der Waals surface area contributed by atoms with Crippen LogP contribution >= 0.6 is 35.3 Å². The van der Waals surface area contributed by atoms with Crippen LogP contribution in [0.25, 0.3) is 11.5 Å². The Balaban J connectivity index is 0.00000280. The highest BCUT2D eigenvalue weighted by Crippen LogP contribution is 2.19. The number of rotatable bonds is 6. The van der Waals surface area contributed by atoms with E-state index in [0.29, 0.717) is 24.9 Å². The number of oxazole rings is 1. The van der Waals surface area contributed by atoms with Crippen LogP contribution in [0.1, 0.15) is 17.0 Å². The highest BCUT2D eigenvalue weighted by molar-refractivity contribution is 14.0. The second-order valence-electron chi connectivity index (χ2n) is 6.31. The number of benzene rings is 1. The Morgan fingerprint density at radius 1 is 1.11 bits per heavy atom. The molecular weight excluding hydrogens is 487 g/mol. The van der Waals surface area contributed by atoms with Gasteiger partial charge in [0.05, 0.1) is 24.5 Å². The number of aryl methyl sites for hydroxylation is 1. The van der Waals surface area contributed by atoms with Crippen molar-refractivity contribution in [3.8, 4) is 11.5 Å². The van der Waals surface area contributed by atoms with Gasteiger partial charge in [0.25, 0.3) is 0 Å². The summed E-state index contributed by atoms with van der Waals surface area (Å²) in [5, 5.41) is 9.53. The number of guanidine groups is 1. The number of nitrogens with one attached hydrogen (secondary N) is 2. The van der Waals surface area contributed by atoms with E-state index in [1.54, 1.807) is 24.6 Å². The van der Waals surface area contributed by atoms with E-state index in [-0.39, 0.29) is 24.0 Å². The van der Waals surface area contributed by atoms with Crippen LogP contribution in [0.3, 0.4) is 0 Å². The van der Waals surface area contributed by atoms with Crippen LogP contribution in [0.4, 0.5) is 5.13 Å². The zero-order chi connectivity index (χ0) is 19.2. The van der Waals surface area contributed by atoms with Gasteiger partial charge in [0.2, 0.25) is 5.89 Å². The highest BCUT2D eigenvalue weighted by Gasteiger charge is 2.08. The maximum Gasteiger partial charge on any atom is 0.226 e. The molecule has 0 fully saturated rings. The fourth-order valence-corrected chi connectivity index (χ4v) is 3.13. The highest BCUT2D eigenvalue weighted by atomic mass is 127. The van der Waals surface area contributed by atoms with Crippen molar-refractivity contribution >= 4 is 46.4 Å². The minimum absolute atomic E-state index is 0. The van der Waals surface area contributed by atoms with E-state index in [0.717, 1.165) is 22.1 Å². The van der Waals surface area contributed by atoms with Crippen molar-refractivity contribution in [1.82, 2.24) is 20.6 Å². The number of aliphatic imine (C=N–C) groups is 1. The molecule has 2 N–H and O–H groups in total. The molecule has 150 valence electrons. The lowest BCUT2D eigenvalue weighted by Gasteiger charge is -2.10. The number of thiazole rings is 1. The summed E-state index contributed by atoms with van der Waals surface area (Å²) in [6.07, 6.45) is 1.67. The van der Waals surface area contributed by atoms with Gasteiger partial charge in [0, 0.05) is 32.1 Å². The van der Waals surface area contributed by atoms with Gasteiger partial charge in [0.15, 0.2) is 11.1 Å². The van der Waals surface area contributed by atoms with Crippen LogP contribution in [0.5, 0.6) is 0 Å². The SMILES string of the molecule is CN=C(NCc1coc(-c2ccc(C)cc2)n1)NCc1csc(N(C)C)n1.I. The molecule has 2 heterocycles. The quantitative estimate of drug-likeness (QED) is 0.298. The van der Waals surface area contributed by atoms with E-state index in [9.17, 15) is 0 Å². The van der Waals surface area contributed by atoms with E-state index in [1.807, 2.05) is 48.6 Å². The molecule has 0 radical (unpaired) electrons. The Bertz CT molecular complexity index is 903. The summed E-state index contributed by atoms with van der Waals surface area (Å²) in [5.41, 5.74) is 3.97. The lowest BCUT2D eigenvalue weighted by Crippen LogP contribution is -2.36. The number of halogens is 1. The fraction of sp³-hybridized carbons (Fsp3) is 0.316. The monoisotopic (exact) mass is 512 g/mol. The molecule has 0 bridgehead atoms. The first-order valence-corrected chi connectivity index (χ1v) is 9.51. The number of nitrogens with zero attached hydrogens (tertiary/aromatic N) is 4. The predicted molar refractivity (Wildman–Crippen MR) is 126 cm³/mol. The summed E-state index contributed by atoms with van der Waals surface area (Å²) in [6.45, 7) is 3.19. The minimum Gasteiger partial charge on any atom is -0.444 e. The average molecular weight is 512 g/mol. The molecule has 0 aliphatic carbocycles. The van der Waals surface area contributed by atoms with Crippen LogP contribution in [0, 0.1) is 6.92 Å². The number of hydrogen-bond acceptors (Lipinski definition) is 6. The molecule has 0 aliphatic heterocycles. The maximum absolute atomic E-state index is 5.59. The minimum atomic E-state index is 0. The smallest absolute Gasteiger partial charge is 0.226 e. The molecule has 0 atom stereocenters. The van der Waals surface area contributed by atoms with Crippen molar-refractivity contribution in [2.45, 2.75) is 20.0 Å². The molecule has 0 saturated heterocycles. The maximum atomic E-state index is 5.59. The molecule has 0 unspecified atom stereocenters. The molecule has 0 saturated carbocycles. The van der Waals surface area contributed by atoms with Gasteiger partial charge in [-0.3, -0.25) is 4.99 Å². The Hall–Kier alpha value is -2.14. The van der Waals surface area contributed by atoms with Gasteiger partial charge in [-0.1, -0.05) is 17.7 Å². The average Bonchev–Trinajstić information content (AvgIpc) is 3.32. The third-order valence-corrected chi connectivity index (χ3v) is 4.93. The van der Waals surface area contributed by atoms with Crippen molar-refractivity contribution in [3.05, 3.63) is 52.9 Å². The van der Waals surface area contributed by atoms with Crippen LogP contribution in [-0.2, 0) is 13.1 Å². The van der Waals surface area contributed by atoms with Gasteiger partial charge in [-0.15, -0.1) is 35.3 Å².